The van der Waals surface area contributed by atoms with Crippen LogP contribution < -0.4 is 4.90 Å². The molecule has 1 amide bonds. The van der Waals surface area contributed by atoms with Gasteiger partial charge >= 0.3 is 12.1 Å². The fraction of sp³-hybridized carbons (Fsp3) is 0.333. The Balaban J connectivity index is 2.35. The van der Waals surface area contributed by atoms with Gasteiger partial charge in [0.25, 0.3) is 0 Å². The molecule has 1 fully saturated rings. The van der Waals surface area contributed by atoms with E-state index in [1.54, 1.807) is 6.92 Å². The van der Waals surface area contributed by atoms with Gasteiger partial charge in [-0.2, -0.15) is 0 Å². The molecule has 1 aromatic carbocycles. The Morgan fingerprint density at radius 3 is 2.78 bits per heavy atom. The van der Waals surface area contributed by atoms with Gasteiger partial charge in [-0.05, 0) is 25.1 Å². The molecule has 1 aromatic rings. The fourth-order valence-electron chi connectivity index (χ4n) is 1.80. The summed E-state index contributed by atoms with van der Waals surface area (Å²) in [7, 11) is 1.22. The summed E-state index contributed by atoms with van der Waals surface area (Å²) in [4.78, 5) is 23.9. The molecule has 0 aromatic heterocycles. The van der Waals surface area contributed by atoms with Gasteiger partial charge in [-0.3, -0.25) is 4.90 Å². The minimum atomic E-state index is -0.663. The van der Waals surface area contributed by atoms with Crippen LogP contribution in [0.2, 0.25) is 0 Å². The quantitative estimate of drug-likeness (QED) is 0.756. The molecule has 2 rings (SSSR count). The Bertz CT molecular complexity index is 503. The minimum absolute atomic E-state index is 0.0950. The summed E-state index contributed by atoms with van der Waals surface area (Å²) in [6.45, 7) is 1.97. The van der Waals surface area contributed by atoms with Gasteiger partial charge < -0.3 is 9.47 Å². The van der Waals surface area contributed by atoms with Crippen molar-refractivity contribution in [3.63, 3.8) is 0 Å². The van der Waals surface area contributed by atoms with Crippen LogP contribution in [0.5, 0.6) is 0 Å². The van der Waals surface area contributed by atoms with Crippen LogP contribution in [-0.4, -0.2) is 31.8 Å². The van der Waals surface area contributed by atoms with E-state index in [9.17, 15) is 14.0 Å². The molecule has 96 valence electrons. The lowest BCUT2D eigenvalue weighted by Gasteiger charge is -2.18. The van der Waals surface area contributed by atoms with Crippen molar-refractivity contribution >= 4 is 17.7 Å². The van der Waals surface area contributed by atoms with E-state index in [-0.39, 0.29) is 23.9 Å². The Morgan fingerprint density at radius 2 is 2.28 bits per heavy atom. The molecule has 5 nitrogen and oxygen atoms in total. The predicted molar refractivity (Wildman–Crippen MR) is 61.0 cm³/mol. The molecule has 1 atom stereocenters. The molecule has 0 aliphatic carbocycles. The summed E-state index contributed by atoms with van der Waals surface area (Å²) < 4.78 is 23.2. The Morgan fingerprint density at radius 1 is 1.56 bits per heavy atom. The first-order valence-electron chi connectivity index (χ1n) is 5.38. The highest BCUT2D eigenvalue weighted by atomic mass is 19.1. The zero-order valence-corrected chi connectivity index (χ0v) is 9.97. The van der Waals surface area contributed by atoms with Crippen LogP contribution in [-0.2, 0) is 9.47 Å². The van der Waals surface area contributed by atoms with Crippen molar-refractivity contribution in [3.8, 4) is 0 Å². The number of cyclic esters (lactones) is 1. The van der Waals surface area contributed by atoms with E-state index in [4.69, 9.17) is 4.74 Å². The van der Waals surface area contributed by atoms with Gasteiger partial charge in [-0.25, -0.2) is 14.0 Å². The summed E-state index contributed by atoms with van der Waals surface area (Å²) >= 11 is 0. The standard InChI is InChI=1S/C12H12FNO4/c1-7-6-18-12(16)14(7)10-4-3-8(5-9(10)13)11(15)17-2/h3-5,7H,6H2,1-2H3. The highest BCUT2D eigenvalue weighted by Gasteiger charge is 2.32. The van der Waals surface area contributed by atoms with Gasteiger partial charge in [-0.15, -0.1) is 0 Å². The maximum absolute atomic E-state index is 13.9. The van der Waals surface area contributed by atoms with Crippen LogP contribution in [0.1, 0.15) is 17.3 Å². The van der Waals surface area contributed by atoms with E-state index < -0.39 is 17.9 Å². The largest absolute Gasteiger partial charge is 0.465 e. The first-order valence-corrected chi connectivity index (χ1v) is 5.38. The van der Waals surface area contributed by atoms with Crippen LogP contribution in [0.3, 0.4) is 0 Å². The summed E-state index contributed by atoms with van der Waals surface area (Å²) in [5, 5.41) is 0. The number of rotatable bonds is 2. The summed E-state index contributed by atoms with van der Waals surface area (Å²) in [5.41, 5.74) is 0.191. The number of hydrogen-bond donors (Lipinski definition) is 0. The lowest BCUT2D eigenvalue weighted by molar-refractivity contribution is 0.0600. The van der Waals surface area contributed by atoms with E-state index >= 15 is 0 Å². The van der Waals surface area contributed by atoms with Crippen molar-refractivity contribution in [2.24, 2.45) is 0 Å². The number of benzene rings is 1. The van der Waals surface area contributed by atoms with E-state index in [0.717, 1.165) is 6.07 Å². The number of methoxy groups -OCH3 is 1. The average Bonchev–Trinajstić information content (AvgIpc) is 2.68. The SMILES string of the molecule is COC(=O)c1ccc(N2C(=O)OCC2C)c(F)c1. The Hall–Kier alpha value is -2.11. The number of carbonyl (C=O) groups excluding carboxylic acids is 2. The fourth-order valence-corrected chi connectivity index (χ4v) is 1.80. The summed E-state index contributed by atoms with van der Waals surface area (Å²) in [6, 6.07) is 3.57. The highest BCUT2D eigenvalue weighted by Crippen LogP contribution is 2.26. The van der Waals surface area contributed by atoms with Crippen molar-refractivity contribution < 1.29 is 23.5 Å². The molecule has 0 saturated carbocycles. The molecule has 1 aliphatic heterocycles. The first kappa shape index (κ1) is 12.3. The molecule has 6 heteroatoms. The number of hydrogen-bond acceptors (Lipinski definition) is 4. The zero-order valence-electron chi connectivity index (χ0n) is 9.97. The molecule has 1 aliphatic rings. The van der Waals surface area contributed by atoms with Gasteiger partial charge in [0, 0.05) is 0 Å². The van der Waals surface area contributed by atoms with Gasteiger partial charge in [0.05, 0.1) is 24.4 Å². The van der Waals surface area contributed by atoms with Crippen LogP contribution in [0.4, 0.5) is 14.9 Å². The third-order valence-corrected chi connectivity index (χ3v) is 2.71. The second-order valence-corrected chi connectivity index (χ2v) is 3.95. The monoisotopic (exact) mass is 253 g/mol. The van der Waals surface area contributed by atoms with Crippen LogP contribution >= 0.6 is 0 Å². The van der Waals surface area contributed by atoms with Crippen LogP contribution in [0, 0.1) is 5.82 Å². The second-order valence-electron chi connectivity index (χ2n) is 3.95. The van der Waals surface area contributed by atoms with Gasteiger partial charge in [-0.1, -0.05) is 0 Å². The molecule has 1 unspecified atom stereocenters. The molecule has 1 heterocycles. The second kappa shape index (κ2) is 4.64. The maximum atomic E-state index is 13.9. The van der Waals surface area contributed by atoms with Crippen molar-refractivity contribution in [2.45, 2.75) is 13.0 Å². The predicted octanol–water partition coefficient (Wildman–Crippen LogP) is 1.96. The first-order chi connectivity index (χ1) is 8.54. The smallest absolute Gasteiger partial charge is 0.414 e. The molecular weight excluding hydrogens is 241 g/mol. The zero-order chi connectivity index (χ0) is 13.3. The summed E-state index contributed by atoms with van der Waals surface area (Å²) in [5.74, 6) is -1.29. The Labute approximate surface area is 103 Å². The number of anilines is 1. The van der Waals surface area contributed by atoms with Crippen molar-refractivity contribution in [2.75, 3.05) is 18.6 Å². The molecule has 0 spiro atoms. The molecular formula is C12H12FNO4. The number of amides is 1. The third-order valence-electron chi connectivity index (χ3n) is 2.71. The number of nitrogens with zero attached hydrogens (tertiary/aromatic N) is 1. The third kappa shape index (κ3) is 2.01. The normalized spacial score (nSPS) is 18.7. The van der Waals surface area contributed by atoms with E-state index in [1.165, 1.54) is 24.1 Å². The topological polar surface area (TPSA) is 55.8 Å². The number of esters is 1. The maximum Gasteiger partial charge on any atom is 0.414 e. The van der Waals surface area contributed by atoms with Gasteiger partial charge in [0.2, 0.25) is 0 Å². The lowest BCUT2D eigenvalue weighted by atomic mass is 10.1. The molecule has 0 radical (unpaired) electrons. The Kier molecular flexibility index (Phi) is 3.18. The van der Waals surface area contributed by atoms with Crippen LogP contribution in [0.15, 0.2) is 18.2 Å². The molecule has 18 heavy (non-hydrogen) atoms. The van der Waals surface area contributed by atoms with Gasteiger partial charge in [0.1, 0.15) is 12.4 Å². The van der Waals surface area contributed by atoms with Crippen molar-refractivity contribution in [1.82, 2.24) is 0 Å². The van der Waals surface area contributed by atoms with E-state index in [2.05, 4.69) is 4.74 Å². The number of halogens is 1. The van der Waals surface area contributed by atoms with Gasteiger partial charge in [0.15, 0.2) is 0 Å². The molecule has 1 saturated heterocycles. The van der Waals surface area contributed by atoms with Crippen molar-refractivity contribution in [1.29, 1.82) is 0 Å². The lowest BCUT2D eigenvalue weighted by Crippen LogP contribution is -2.31. The highest BCUT2D eigenvalue weighted by molar-refractivity contribution is 5.93. The minimum Gasteiger partial charge on any atom is -0.465 e. The number of carbonyl (C=O) groups is 2. The molecule has 0 N–H and O–H groups in total. The van der Waals surface area contributed by atoms with Crippen molar-refractivity contribution in [3.05, 3.63) is 29.6 Å². The van der Waals surface area contributed by atoms with Crippen LogP contribution in [0.25, 0.3) is 0 Å². The average molecular weight is 253 g/mol. The van der Waals surface area contributed by atoms with E-state index in [1.807, 2.05) is 0 Å². The summed E-state index contributed by atoms with van der Waals surface area (Å²) in [6.07, 6.45) is -0.591. The van der Waals surface area contributed by atoms with E-state index in [0.29, 0.717) is 0 Å². The number of ether oxygens (including phenoxy) is 2. The molecule has 0 bridgehead atoms.